The Balaban J connectivity index is 1.92. The molecule has 5 heteroatoms. The second-order valence-corrected chi connectivity index (χ2v) is 3.80. The largest absolute Gasteiger partial charge is 0.365 e. The molecule has 1 aromatic rings. The summed E-state index contributed by atoms with van der Waals surface area (Å²) in [6.45, 7) is 2.11. The number of nitrogens with one attached hydrogen (secondary N) is 2. The fraction of sp³-hybridized carbons (Fsp3) is 0.556. The molecule has 0 bridgehead atoms. The van der Waals surface area contributed by atoms with Crippen LogP contribution >= 0.6 is 11.6 Å². The van der Waals surface area contributed by atoms with Crippen LogP contribution in [-0.2, 0) is 0 Å². The average molecular weight is 213 g/mol. The molecule has 4 nitrogen and oxygen atoms in total. The van der Waals surface area contributed by atoms with Crippen molar-refractivity contribution in [3.05, 3.63) is 17.5 Å². The third-order valence-corrected chi connectivity index (χ3v) is 2.46. The Hall–Kier alpha value is -0.870. The molecule has 0 amide bonds. The Labute approximate surface area is 88.1 Å². The van der Waals surface area contributed by atoms with E-state index in [1.54, 1.807) is 12.4 Å². The lowest BCUT2D eigenvalue weighted by Crippen LogP contribution is -2.38. The van der Waals surface area contributed by atoms with Crippen molar-refractivity contribution in [3.63, 3.8) is 0 Å². The number of nitrogens with zero attached hydrogens (tertiary/aromatic N) is 2. The molecule has 1 saturated heterocycles. The molecule has 0 radical (unpaired) electrons. The van der Waals surface area contributed by atoms with E-state index in [9.17, 15) is 0 Å². The quantitative estimate of drug-likeness (QED) is 0.776. The number of hydrogen-bond donors (Lipinski definition) is 2. The topological polar surface area (TPSA) is 49.8 Å². The first-order valence-corrected chi connectivity index (χ1v) is 5.17. The molecule has 76 valence electrons. The number of anilines is 1. The summed E-state index contributed by atoms with van der Waals surface area (Å²) in [6.07, 6.45) is 5.60. The predicted molar refractivity (Wildman–Crippen MR) is 56.6 cm³/mol. The Bertz CT molecular complexity index is 281. The first-order valence-electron chi connectivity index (χ1n) is 4.79. The van der Waals surface area contributed by atoms with Gasteiger partial charge >= 0.3 is 0 Å². The highest BCUT2D eigenvalue weighted by Crippen LogP contribution is 2.10. The number of aromatic nitrogens is 2. The fourth-order valence-electron chi connectivity index (χ4n) is 1.57. The summed E-state index contributed by atoms with van der Waals surface area (Å²) in [5.74, 6) is 0.795. The van der Waals surface area contributed by atoms with Gasteiger partial charge in [0.15, 0.2) is 0 Å². The third kappa shape index (κ3) is 2.56. The van der Waals surface area contributed by atoms with Crippen LogP contribution in [0.15, 0.2) is 12.4 Å². The lowest BCUT2D eigenvalue weighted by atomic mass is 10.1. The highest BCUT2D eigenvalue weighted by Gasteiger charge is 2.12. The minimum absolute atomic E-state index is 0.428. The Morgan fingerprint density at radius 2 is 2.36 bits per heavy atom. The molecule has 0 saturated carbocycles. The summed E-state index contributed by atoms with van der Waals surface area (Å²) in [5, 5.41) is 7.07. The minimum atomic E-state index is 0.428. The maximum Gasteiger partial charge on any atom is 0.147 e. The van der Waals surface area contributed by atoms with Crippen LogP contribution in [-0.4, -0.2) is 29.1 Å². The molecule has 0 aliphatic carbocycles. The van der Waals surface area contributed by atoms with E-state index in [1.165, 1.54) is 12.8 Å². The maximum absolute atomic E-state index is 5.64. The zero-order valence-corrected chi connectivity index (χ0v) is 8.59. The van der Waals surface area contributed by atoms with Gasteiger partial charge in [0.1, 0.15) is 11.0 Å². The summed E-state index contributed by atoms with van der Waals surface area (Å²) in [4.78, 5) is 8.10. The first kappa shape index (κ1) is 9.68. The second kappa shape index (κ2) is 4.57. The van der Waals surface area contributed by atoms with Crippen LogP contribution in [0.5, 0.6) is 0 Å². The summed E-state index contributed by atoms with van der Waals surface area (Å²) < 4.78 is 0. The smallest absolute Gasteiger partial charge is 0.147 e. The summed E-state index contributed by atoms with van der Waals surface area (Å²) in [7, 11) is 0. The summed E-state index contributed by atoms with van der Waals surface area (Å²) in [5.41, 5.74) is 0. The molecular formula is C9H13ClN4. The van der Waals surface area contributed by atoms with Crippen molar-refractivity contribution in [2.24, 2.45) is 0 Å². The van der Waals surface area contributed by atoms with Crippen molar-refractivity contribution in [3.8, 4) is 0 Å². The van der Waals surface area contributed by atoms with E-state index < -0.39 is 0 Å². The third-order valence-electron chi connectivity index (χ3n) is 2.27. The van der Waals surface area contributed by atoms with Gasteiger partial charge in [0.25, 0.3) is 0 Å². The van der Waals surface area contributed by atoms with Gasteiger partial charge in [0.2, 0.25) is 0 Å². The minimum Gasteiger partial charge on any atom is -0.365 e. The monoisotopic (exact) mass is 212 g/mol. The van der Waals surface area contributed by atoms with E-state index in [4.69, 9.17) is 11.6 Å². The van der Waals surface area contributed by atoms with Crippen molar-refractivity contribution >= 4 is 17.4 Å². The van der Waals surface area contributed by atoms with Gasteiger partial charge in [0, 0.05) is 12.6 Å². The van der Waals surface area contributed by atoms with E-state index in [-0.39, 0.29) is 0 Å². The average Bonchev–Trinajstić information content (AvgIpc) is 2.23. The summed E-state index contributed by atoms with van der Waals surface area (Å²) >= 11 is 5.64. The van der Waals surface area contributed by atoms with Gasteiger partial charge in [-0.3, -0.25) is 0 Å². The SMILES string of the molecule is Clc1cnc(NC2CCCNC2)cn1. The molecule has 1 fully saturated rings. The number of piperidine rings is 1. The Morgan fingerprint density at radius 3 is 3.00 bits per heavy atom. The van der Waals surface area contributed by atoms with Crippen LogP contribution in [0.25, 0.3) is 0 Å². The number of halogens is 1. The van der Waals surface area contributed by atoms with Crippen LogP contribution in [0.2, 0.25) is 5.15 Å². The van der Waals surface area contributed by atoms with Crippen molar-refractivity contribution in [2.45, 2.75) is 18.9 Å². The Morgan fingerprint density at radius 1 is 1.43 bits per heavy atom. The van der Waals surface area contributed by atoms with E-state index >= 15 is 0 Å². The van der Waals surface area contributed by atoms with Crippen molar-refractivity contribution in [1.82, 2.24) is 15.3 Å². The van der Waals surface area contributed by atoms with Crippen LogP contribution in [0.4, 0.5) is 5.82 Å². The van der Waals surface area contributed by atoms with Crippen LogP contribution in [0.1, 0.15) is 12.8 Å². The van der Waals surface area contributed by atoms with Gasteiger partial charge in [-0.1, -0.05) is 11.6 Å². The second-order valence-electron chi connectivity index (χ2n) is 3.41. The van der Waals surface area contributed by atoms with Gasteiger partial charge in [0.05, 0.1) is 12.4 Å². The van der Waals surface area contributed by atoms with Crippen molar-refractivity contribution in [2.75, 3.05) is 18.4 Å². The van der Waals surface area contributed by atoms with Crippen LogP contribution < -0.4 is 10.6 Å². The Kier molecular flexibility index (Phi) is 3.16. The van der Waals surface area contributed by atoms with E-state index in [2.05, 4.69) is 20.6 Å². The number of hydrogen-bond acceptors (Lipinski definition) is 4. The molecule has 1 aliphatic rings. The standard InChI is InChI=1S/C9H13ClN4/c10-8-5-13-9(6-12-8)14-7-2-1-3-11-4-7/h5-7,11H,1-4H2,(H,13,14). The molecule has 0 spiro atoms. The predicted octanol–water partition coefficient (Wildman–Crippen LogP) is 1.29. The fourth-order valence-corrected chi connectivity index (χ4v) is 1.67. The van der Waals surface area contributed by atoms with Gasteiger partial charge in [-0.05, 0) is 19.4 Å². The number of rotatable bonds is 2. The molecule has 2 heterocycles. The van der Waals surface area contributed by atoms with E-state index in [0.717, 1.165) is 18.9 Å². The maximum atomic E-state index is 5.64. The van der Waals surface area contributed by atoms with Crippen molar-refractivity contribution < 1.29 is 0 Å². The van der Waals surface area contributed by atoms with Crippen LogP contribution in [0.3, 0.4) is 0 Å². The molecular weight excluding hydrogens is 200 g/mol. The van der Waals surface area contributed by atoms with Gasteiger partial charge < -0.3 is 10.6 Å². The molecule has 1 aromatic heterocycles. The van der Waals surface area contributed by atoms with Crippen molar-refractivity contribution in [1.29, 1.82) is 0 Å². The molecule has 1 atom stereocenters. The summed E-state index contributed by atoms with van der Waals surface area (Å²) in [6, 6.07) is 0.458. The molecule has 14 heavy (non-hydrogen) atoms. The molecule has 1 aliphatic heterocycles. The zero-order chi connectivity index (χ0) is 9.80. The molecule has 0 aromatic carbocycles. The lowest BCUT2D eigenvalue weighted by Gasteiger charge is -2.23. The highest BCUT2D eigenvalue weighted by atomic mass is 35.5. The van der Waals surface area contributed by atoms with Gasteiger partial charge in [-0.15, -0.1) is 0 Å². The van der Waals surface area contributed by atoms with Gasteiger partial charge in [-0.2, -0.15) is 0 Å². The molecule has 2 rings (SSSR count). The highest BCUT2D eigenvalue weighted by molar-refractivity contribution is 6.29. The van der Waals surface area contributed by atoms with E-state index in [0.29, 0.717) is 11.2 Å². The lowest BCUT2D eigenvalue weighted by molar-refractivity contribution is 0.479. The van der Waals surface area contributed by atoms with Gasteiger partial charge in [-0.25, -0.2) is 9.97 Å². The normalized spacial score (nSPS) is 21.9. The molecule has 2 N–H and O–H groups in total. The zero-order valence-electron chi connectivity index (χ0n) is 7.83. The van der Waals surface area contributed by atoms with Crippen LogP contribution in [0, 0.1) is 0 Å². The first-order chi connectivity index (χ1) is 6.84. The molecule has 1 unspecified atom stereocenters. The van der Waals surface area contributed by atoms with E-state index in [1.807, 2.05) is 0 Å².